The van der Waals surface area contributed by atoms with E-state index in [2.05, 4.69) is 0 Å². The molecule has 1 aromatic rings. The number of halogens is 1. The van der Waals surface area contributed by atoms with Crippen LogP contribution in [-0.4, -0.2) is 25.3 Å². The van der Waals surface area contributed by atoms with Crippen molar-refractivity contribution in [1.29, 1.82) is 0 Å². The van der Waals surface area contributed by atoms with Gasteiger partial charge < -0.3 is 14.6 Å². The molecule has 1 atom stereocenters. The lowest BCUT2D eigenvalue weighted by atomic mass is 9.83. The van der Waals surface area contributed by atoms with E-state index in [1.54, 1.807) is 6.07 Å². The van der Waals surface area contributed by atoms with Gasteiger partial charge in [-0.2, -0.15) is 0 Å². The van der Waals surface area contributed by atoms with Crippen LogP contribution in [0.15, 0.2) is 6.07 Å². The summed E-state index contributed by atoms with van der Waals surface area (Å²) in [5, 5.41) is 9.01. The number of carboxylic acids is 1. The van der Waals surface area contributed by atoms with Gasteiger partial charge in [0.05, 0.1) is 20.1 Å². The summed E-state index contributed by atoms with van der Waals surface area (Å²) in [5.41, 5.74) is 1.24. The maximum atomic E-state index is 14.2. The Morgan fingerprint density at radius 1 is 1.44 bits per heavy atom. The number of methoxy groups -OCH3 is 2. The molecule has 0 radical (unpaired) electrons. The smallest absolute Gasteiger partial charge is 0.306 e. The Morgan fingerprint density at radius 2 is 2.17 bits per heavy atom. The summed E-state index contributed by atoms with van der Waals surface area (Å²) in [6.45, 7) is 0. The maximum absolute atomic E-state index is 14.2. The van der Waals surface area contributed by atoms with Gasteiger partial charge in [0.15, 0.2) is 17.3 Å². The first kappa shape index (κ1) is 12.7. The van der Waals surface area contributed by atoms with Gasteiger partial charge >= 0.3 is 5.97 Å². The molecule has 4 nitrogen and oxygen atoms in total. The lowest BCUT2D eigenvalue weighted by molar-refractivity contribution is -0.142. The fraction of sp³-hybridized carbons (Fsp3) is 0.462. The van der Waals surface area contributed by atoms with Crippen LogP contribution >= 0.6 is 0 Å². The predicted octanol–water partition coefficient (Wildman–Crippen LogP) is 2.03. The molecule has 1 aliphatic rings. The Morgan fingerprint density at radius 3 is 2.72 bits per heavy atom. The summed E-state index contributed by atoms with van der Waals surface area (Å²) in [5.74, 6) is -1.33. The van der Waals surface area contributed by atoms with Gasteiger partial charge in [0.25, 0.3) is 0 Å². The van der Waals surface area contributed by atoms with Crippen molar-refractivity contribution in [1.82, 2.24) is 0 Å². The van der Waals surface area contributed by atoms with Gasteiger partial charge in [0, 0.05) is 0 Å². The summed E-state index contributed by atoms with van der Waals surface area (Å²) < 4.78 is 24.2. The molecule has 0 amide bonds. The summed E-state index contributed by atoms with van der Waals surface area (Å²) in [7, 11) is 2.82. The third kappa shape index (κ3) is 2.00. The normalized spacial score (nSPS) is 18.1. The van der Waals surface area contributed by atoms with Crippen LogP contribution in [0.5, 0.6) is 11.5 Å². The maximum Gasteiger partial charge on any atom is 0.306 e. The van der Waals surface area contributed by atoms with E-state index in [0.29, 0.717) is 36.1 Å². The summed E-state index contributed by atoms with van der Waals surface area (Å²) >= 11 is 0. The molecule has 0 saturated carbocycles. The van der Waals surface area contributed by atoms with Crippen LogP contribution < -0.4 is 9.47 Å². The number of benzene rings is 1. The zero-order chi connectivity index (χ0) is 13.3. The predicted molar refractivity (Wildman–Crippen MR) is 62.7 cm³/mol. The van der Waals surface area contributed by atoms with Crippen LogP contribution in [0, 0.1) is 11.7 Å². The second kappa shape index (κ2) is 4.84. The Labute approximate surface area is 104 Å². The number of rotatable bonds is 3. The van der Waals surface area contributed by atoms with E-state index in [9.17, 15) is 9.18 Å². The van der Waals surface area contributed by atoms with E-state index >= 15 is 0 Å². The second-order valence-corrected chi connectivity index (χ2v) is 4.34. The molecule has 0 heterocycles. The van der Waals surface area contributed by atoms with E-state index in [0.717, 1.165) is 0 Å². The van der Waals surface area contributed by atoms with E-state index in [-0.39, 0.29) is 5.75 Å². The molecule has 5 heteroatoms. The minimum Gasteiger partial charge on any atom is -0.493 e. The number of aliphatic carboxylic acids is 1. The zero-order valence-corrected chi connectivity index (χ0v) is 10.3. The zero-order valence-electron chi connectivity index (χ0n) is 10.3. The monoisotopic (exact) mass is 254 g/mol. The molecule has 1 aromatic carbocycles. The van der Waals surface area contributed by atoms with Crippen LogP contribution in [0.4, 0.5) is 4.39 Å². The SMILES string of the molecule is COc1cc2c(c(F)c1OC)CCC(C(=O)O)C2. The van der Waals surface area contributed by atoms with Crippen molar-refractivity contribution in [2.24, 2.45) is 5.92 Å². The number of fused-ring (bicyclic) bond motifs is 1. The molecule has 0 spiro atoms. The average Bonchev–Trinajstić information content (AvgIpc) is 2.37. The number of hydrogen-bond acceptors (Lipinski definition) is 3. The molecule has 0 fully saturated rings. The molecule has 1 aliphatic carbocycles. The molecule has 0 bridgehead atoms. The fourth-order valence-corrected chi connectivity index (χ4v) is 2.39. The lowest BCUT2D eigenvalue weighted by Crippen LogP contribution is -2.23. The van der Waals surface area contributed by atoms with E-state index < -0.39 is 17.7 Å². The Kier molecular flexibility index (Phi) is 3.41. The minimum absolute atomic E-state index is 0.0880. The van der Waals surface area contributed by atoms with Crippen LogP contribution in [0.3, 0.4) is 0 Å². The summed E-state index contributed by atoms with van der Waals surface area (Å²) in [4.78, 5) is 11.0. The molecule has 98 valence electrons. The topological polar surface area (TPSA) is 55.8 Å². The molecule has 1 unspecified atom stereocenters. The van der Waals surface area contributed by atoms with Gasteiger partial charge in [0.2, 0.25) is 0 Å². The van der Waals surface area contributed by atoms with Gasteiger partial charge in [0.1, 0.15) is 0 Å². The van der Waals surface area contributed by atoms with Crippen LogP contribution in [-0.2, 0) is 17.6 Å². The average molecular weight is 254 g/mol. The van der Waals surface area contributed by atoms with Crippen LogP contribution in [0.1, 0.15) is 17.5 Å². The summed E-state index contributed by atoms with van der Waals surface area (Å²) in [6.07, 6.45) is 1.20. The summed E-state index contributed by atoms with van der Waals surface area (Å²) in [6, 6.07) is 1.67. The first-order valence-electron chi connectivity index (χ1n) is 5.73. The number of carbonyl (C=O) groups is 1. The van der Waals surface area contributed by atoms with Crippen molar-refractivity contribution in [3.8, 4) is 11.5 Å². The van der Waals surface area contributed by atoms with Crippen molar-refractivity contribution in [2.45, 2.75) is 19.3 Å². The highest BCUT2D eigenvalue weighted by Crippen LogP contribution is 2.38. The highest BCUT2D eigenvalue weighted by atomic mass is 19.1. The Hall–Kier alpha value is -1.78. The number of hydrogen-bond donors (Lipinski definition) is 1. The highest BCUT2D eigenvalue weighted by Gasteiger charge is 2.29. The van der Waals surface area contributed by atoms with Gasteiger partial charge in [-0.25, -0.2) is 4.39 Å². The molecule has 18 heavy (non-hydrogen) atoms. The van der Waals surface area contributed by atoms with Gasteiger partial charge in [-0.1, -0.05) is 0 Å². The quantitative estimate of drug-likeness (QED) is 0.896. The van der Waals surface area contributed by atoms with Crippen molar-refractivity contribution < 1.29 is 23.8 Å². The van der Waals surface area contributed by atoms with Crippen LogP contribution in [0.25, 0.3) is 0 Å². The van der Waals surface area contributed by atoms with Crippen molar-refractivity contribution in [2.75, 3.05) is 14.2 Å². The number of carboxylic acid groups (broad SMARTS) is 1. The Bertz CT molecular complexity index is 484. The van der Waals surface area contributed by atoms with E-state index in [4.69, 9.17) is 14.6 Å². The van der Waals surface area contributed by atoms with Gasteiger partial charge in [-0.3, -0.25) is 4.79 Å². The highest BCUT2D eigenvalue weighted by molar-refractivity contribution is 5.71. The first-order valence-corrected chi connectivity index (χ1v) is 5.73. The minimum atomic E-state index is -0.837. The lowest BCUT2D eigenvalue weighted by Gasteiger charge is -2.23. The van der Waals surface area contributed by atoms with Crippen molar-refractivity contribution in [3.63, 3.8) is 0 Å². The van der Waals surface area contributed by atoms with E-state index in [1.165, 1.54) is 14.2 Å². The van der Waals surface area contributed by atoms with Gasteiger partial charge in [-0.15, -0.1) is 0 Å². The fourth-order valence-electron chi connectivity index (χ4n) is 2.39. The molecule has 0 saturated heterocycles. The Balaban J connectivity index is 2.46. The number of ether oxygens (including phenoxy) is 2. The molecular formula is C13H15FO4. The molecule has 0 aromatic heterocycles. The third-order valence-corrected chi connectivity index (χ3v) is 3.36. The second-order valence-electron chi connectivity index (χ2n) is 4.34. The molecular weight excluding hydrogens is 239 g/mol. The largest absolute Gasteiger partial charge is 0.493 e. The first-order chi connectivity index (χ1) is 8.58. The molecule has 2 rings (SSSR count). The van der Waals surface area contributed by atoms with Crippen molar-refractivity contribution >= 4 is 5.97 Å². The standard InChI is InChI=1S/C13H15FO4/c1-17-10-6-8-5-7(13(15)16)3-4-9(8)11(14)12(10)18-2/h6-7H,3-5H2,1-2H3,(H,15,16). The third-order valence-electron chi connectivity index (χ3n) is 3.36. The van der Waals surface area contributed by atoms with Crippen LogP contribution in [0.2, 0.25) is 0 Å². The van der Waals surface area contributed by atoms with Gasteiger partial charge in [-0.05, 0) is 36.5 Å². The van der Waals surface area contributed by atoms with E-state index in [1.807, 2.05) is 0 Å². The van der Waals surface area contributed by atoms with Crippen molar-refractivity contribution in [3.05, 3.63) is 23.0 Å². The molecule has 0 aliphatic heterocycles. The molecule has 1 N–H and O–H groups in total.